The summed E-state index contributed by atoms with van der Waals surface area (Å²) in [6.07, 6.45) is 0. The first-order valence-corrected chi connectivity index (χ1v) is 6.75. The summed E-state index contributed by atoms with van der Waals surface area (Å²) in [5.41, 5.74) is 8.73. The van der Waals surface area contributed by atoms with Gasteiger partial charge in [-0.05, 0) is 24.6 Å². The monoisotopic (exact) mass is 268 g/mol. The third-order valence-corrected chi connectivity index (χ3v) is 3.51. The maximum atomic E-state index is 11.7. The lowest BCUT2D eigenvalue weighted by Gasteiger charge is -2.23. The SMILES string of the molecule is Cc1ccc(NC(C(N)=O)C(C)c2ccccc2)cc1. The van der Waals surface area contributed by atoms with Gasteiger partial charge in [0.1, 0.15) is 6.04 Å². The van der Waals surface area contributed by atoms with Crippen LogP contribution < -0.4 is 11.1 Å². The topological polar surface area (TPSA) is 55.1 Å². The van der Waals surface area contributed by atoms with Crippen molar-refractivity contribution in [3.05, 3.63) is 65.7 Å². The molecule has 0 saturated carbocycles. The Morgan fingerprint density at radius 3 is 2.20 bits per heavy atom. The van der Waals surface area contributed by atoms with Crippen molar-refractivity contribution in [2.24, 2.45) is 5.73 Å². The largest absolute Gasteiger partial charge is 0.373 e. The van der Waals surface area contributed by atoms with Crippen LogP contribution in [0.1, 0.15) is 24.0 Å². The third kappa shape index (κ3) is 3.38. The van der Waals surface area contributed by atoms with Gasteiger partial charge in [0.25, 0.3) is 0 Å². The molecule has 0 aromatic heterocycles. The van der Waals surface area contributed by atoms with Crippen molar-refractivity contribution < 1.29 is 4.79 Å². The molecule has 0 aliphatic rings. The summed E-state index contributed by atoms with van der Waals surface area (Å²) in [6, 6.07) is 17.4. The van der Waals surface area contributed by atoms with Crippen LogP contribution in [0, 0.1) is 6.92 Å². The van der Waals surface area contributed by atoms with E-state index in [-0.39, 0.29) is 11.8 Å². The Kier molecular flexibility index (Phi) is 4.41. The molecule has 3 nitrogen and oxygen atoms in total. The lowest BCUT2D eigenvalue weighted by Crippen LogP contribution is -2.39. The molecule has 1 amide bonds. The number of hydrogen-bond donors (Lipinski definition) is 2. The lowest BCUT2D eigenvalue weighted by molar-refractivity contribution is -0.119. The number of hydrogen-bond acceptors (Lipinski definition) is 2. The average molecular weight is 268 g/mol. The summed E-state index contributed by atoms with van der Waals surface area (Å²) in [5.74, 6) is -0.336. The Bertz CT molecular complexity index is 563. The molecule has 2 rings (SSSR count). The quantitative estimate of drug-likeness (QED) is 0.875. The predicted molar refractivity (Wildman–Crippen MR) is 82.6 cm³/mol. The van der Waals surface area contributed by atoms with E-state index in [1.54, 1.807) is 0 Å². The lowest BCUT2D eigenvalue weighted by atomic mass is 9.92. The number of primary amides is 1. The predicted octanol–water partition coefficient (Wildman–Crippen LogP) is 3.06. The number of aryl methyl sites for hydroxylation is 1. The van der Waals surface area contributed by atoms with Gasteiger partial charge >= 0.3 is 0 Å². The second-order valence-corrected chi connectivity index (χ2v) is 5.09. The van der Waals surface area contributed by atoms with Crippen molar-refractivity contribution in [3.8, 4) is 0 Å². The fraction of sp³-hybridized carbons (Fsp3) is 0.235. The second-order valence-electron chi connectivity index (χ2n) is 5.09. The molecule has 20 heavy (non-hydrogen) atoms. The maximum Gasteiger partial charge on any atom is 0.240 e. The molecule has 2 aromatic rings. The molecule has 0 radical (unpaired) electrons. The van der Waals surface area contributed by atoms with Crippen molar-refractivity contribution in [2.75, 3.05) is 5.32 Å². The number of amides is 1. The van der Waals surface area contributed by atoms with Crippen LogP contribution in [0.4, 0.5) is 5.69 Å². The summed E-state index contributed by atoms with van der Waals surface area (Å²) in [5, 5.41) is 3.23. The maximum absolute atomic E-state index is 11.7. The van der Waals surface area contributed by atoms with Gasteiger partial charge in [-0.25, -0.2) is 0 Å². The number of nitrogens with two attached hydrogens (primary N) is 1. The molecule has 0 bridgehead atoms. The molecule has 104 valence electrons. The highest BCUT2D eigenvalue weighted by atomic mass is 16.1. The Morgan fingerprint density at radius 1 is 1.05 bits per heavy atom. The van der Waals surface area contributed by atoms with Crippen LogP contribution >= 0.6 is 0 Å². The molecule has 3 heteroatoms. The second kappa shape index (κ2) is 6.24. The van der Waals surface area contributed by atoms with E-state index < -0.39 is 6.04 Å². The molecule has 2 atom stereocenters. The molecule has 2 aromatic carbocycles. The Morgan fingerprint density at radius 2 is 1.65 bits per heavy atom. The minimum atomic E-state index is -0.430. The Balaban J connectivity index is 2.19. The van der Waals surface area contributed by atoms with Gasteiger partial charge < -0.3 is 11.1 Å². The van der Waals surface area contributed by atoms with Crippen molar-refractivity contribution in [2.45, 2.75) is 25.8 Å². The van der Waals surface area contributed by atoms with Crippen LogP contribution in [-0.2, 0) is 4.79 Å². The molecule has 2 unspecified atom stereocenters. The van der Waals surface area contributed by atoms with E-state index in [1.807, 2.05) is 68.4 Å². The van der Waals surface area contributed by atoms with E-state index in [2.05, 4.69) is 5.32 Å². The molecule has 0 heterocycles. The first kappa shape index (κ1) is 14.1. The standard InChI is InChI=1S/C17H20N2O/c1-12-8-10-15(11-9-12)19-16(17(18)20)13(2)14-6-4-3-5-7-14/h3-11,13,16,19H,1-2H3,(H2,18,20). The van der Waals surface area contributed by atoms with E-state index in [1.165, 1.54) is 5.56 Å². The van der Waals surface area contributed by atoms with E-state index in [0.717, 1.165) is 11.3 Å². The van der Waals surface area contributed by atoms with Crippen LogP contribution in [-0.4, -0.2) is 11.9 Å². The summed E-state index contributed by atoms with van der Waals surface area (Å²) in [4.78, 5) is 11.7. The van der Waals surface area contributed by atoms with Crippen molar-refractivity contribution in [1.82, 2.24) is 0 Å². The van der Waals surface area contributed by atoms with Gasteiger partial charge in [-0.3, -0.25) is 4.79 Å². The Labute approximate surface area is 119 Å². The zero-order valence-corrected chi connectivity index (χ0v) is 11.8. The van der Waals surface area contributed by atoms with Crippen molar-refractivity contribution in [1.29, 1.82) is 0 Å². The zero-order chi connectivity index (χ0) is 14.5. The summed E-state index contributed by atoms with van der Waals surface area (Å²) in [7, 11) is 0. The van der Waals surface area contributed by atoms with Crippen molar-refractivity contribution >= 4 is 11.6 Å². The van der Waals surface area contributed by atoms with Gasteiger partial charge in [-0.15, -0.1) is 0 Å². The number of rotatable bonds is 5. The molecule has 0 fully saturated rings. The van der Waals surface area contributed by atoms with Crippen LogP contribution in [0.2, 0.25) is 0 Å². The molecular formula is C17H20N2O. The number of benzene rings is 2. The number of carbonyl (C=O) groups is 1. The highest BCUT2D eigenvalue weighted by Gasteiger charge is 2.23. The molecule has 0 aliphatic heterocycles. The molecule has 0 spiro atoms. The molecule has 0 saturated heterocycles. The van der Waals surface area contributed by atoms with Crippen LogP contribution in [0.5, 0.6) is 0 Å². The van der Waals surface area contributed by atoms with E-state index in [9.17, 15) is 4.79 Å². The van der Waals surface area contributed by atoms with Crippen LogP contribution in [0.25, 0.3) is 0 Å². The number of anilines is 1. The first-order valence-electron chi connectivity index (χ1n) is 6.75. The van der Waals surface area contributed by atoms with Gasteiger partial charge in [-0.2, -0.15) is 0 Å². The van der Waals surface area contributed by atoms with E-state index in [0.29, 0.717) is 0 Å². The highest BCUT2D eigenvalue weighted by molar-refractivity contribution is 5.84. The van der Waals surface area contributed by atoms with Gasteiger partial charge in [0, 0.05) is 11.6 Å². The molecule has 0 aliphatic carbocycles. The van der Waals surface area contributed by atoms with Crippen LogP contribution in [0.3, 0.4) is 0 Å². The number of carbonyl (C=O) groups excluding carboxylic acids is 1. The van der Waals surface area contributed by atoms with E-state index >= 15 is 0 Å². The smallest absolute Gasteiger partial charge is 0.240 e. The normalized spacial score (nSPS) is 13.5. The fourth-order valence-corrected chi connectivity index (χ4v) is 2.22. The fourth-order valence-electron chi connectivity index (χ4n) is 2.22. The summed E-state index contributed by atoms with van der Waals surface area (Å²) < 4.78 is 0. The first-order chi connectivity index (χ1) is 9.58. The van der Waals surface area contributed by atoms with Crippen LogP contribution in [0.15, 0.2) is 54.6 Å². The minimum absolute atomic E-state index is 0.00926. The van der Waals surface area contributed by atoms with E-state index in [4.69, 9.17) is 5.73 Å². The Hall–Kier alpha value is -2.29. The van der Waals surface area contributed by atoms with Crippen molar-refractivity contribution in [3.63, 3.8) is 0 Å². The summed E-state index contributed by atoms with van der Waals surface area (Å²) in [6.45, 7) is 4.04. The van der Waals surface area contributed by atoms with Gasteiger partial charge in [0.2, 0.25) is 5.91 Å². The average Bonchev–Trinajstić information content (AvgIpc) is 2.46. The summed E-state index contributed by atoms with van der Waals surface area (Å²) >= 11 is 0. The van der Waals surface area contributed by atoms with Gasteiger partial charge in [-0.1, -0.05) is 55.0 Å². The highest BCUT2D eigenvalue weighted by Crippen LogP contribution is 2.22. The molecule has 3 N–H and O–H groups in total. The minimum Gasteiger partial charge on any atom is -0.373 e. The van der Waals surface area contributed by atoms with Gasteiger partial charge in [0.05, 0.1) is 0 Å². The van der Waals surface area contributed by atoms with Gasteiger partial charge in [0.15, 0.2) is 0 Å². The molecular weight excluding hydrogens is 248 g/mol. The zero-order valence-electron chi connectivity index (χ0n) is 11.8. The third-order valence-electron chi connectivity index (χ3n) is 3.51. The number of nitrogens with one attached hydrogen (secondary N) is 1.